The molecule has 12 heteroatoms. The van der Waals surface area contributed by atoms with E-state index in [-0.39, 0.29) is 21.4 Å². The van der Waals surface area contributed by atoms with Crippen LogP contribution in [-0.2, 0) is 19.4 Å². The van der Waals surface area contributed by atoms with Crippen LogP contribution in [0.1, 0.15) is 36.8 Å². The third-order valence-corrected chi connectivity index (χ3v) is 9.85. The summed E-state index contributed by atoms with van der Waals surface area (Å²) in [5, 5.41) is 9.19. The van der Waals surface area contributed by atoms with Crippen molar-refractivity contribution >= 4 is 21.8 Å². The van der Waals surface area contributed by atoms with Crippen molar-refractivity contribution in [3.8, 4) is 5.75 Å². The van der Waals surface area contributed by atoms with Gasteiger partial charge < -0.3 is 19.5 Å². The average molecular weight is 540 g/mol. The predicted molar refractivity (Wildman–Crippen MR) is 137 cm³/mol. The Hall–Kier alpha value is -2.25. The molecule has 1 N–H and O–H groups in total. The zero-order valence-corrected chi connectivity index (χ0v) is 23.2. The number of ether oxygens (including phenoxy) is 2. The van der Waals surface area contributed by atoms with Crippen LogP contribution in [0.2, 0.25) is 0 Å². The Labute approximate surface area is 219 Å². The maximum Gasteiger partial charge on any atom is 0.509 e. The van der Waals surface area contributed by atoms with E-state index in [0.29, 0.717) is 22.9 Å². The van der Waals surface area contributed by atoms with Crippen LogP contribution in [0.3, 0.4) is 0 Å². The molecule has 11 nitrogen and oxygen atoms in total. The number of nitrogens with zero attached hydrogens (tertiary/aromatic N) is 4. The Morgan fingerprint density at radius 3 is 2.43 bits per heavy atom. The lowest BCUT2D eigenvalue weighted by Gasteiger charge is -2.44. The van der Waals surface area contributed by atoms with Gasteiger partial charge in [0.05, 0.1) is 12.0 Å². The molecule has 206 valence electrons. The molecular formula is C25H39N4O7S+. The minimum absolute atomic E-state index is 0.0761. The zero-order valence-electron chi connectivity index (χ0n) is 22.3. The largest absolute Gasteiger partial charge is 0.509 e. The molecule has 37 heavy (non-hydrogen) atoms. The van der Waals surface area contributed by atoms with Gasteiger partial charge in [-0.15, -0.1) is 9.48 Å². The van der Waals surface area contributed by atoms with Crippen LogP contribution in [0.15, 0.2) is 22.0 Å². The Kier molecular flexibility index (Phi) is 8.15. The van der Waals surface area contributed by atoms with Crippen molar-refractivity contribution in [1.29, 1.82) is 0 Å². The van der Waals surface area contributed by atoms with Gasteiger partial charge >= 0.3 is 12.6 Å². The SMILES string of the molecule is COc1cc(C)c(S(=O)(=O)CC2=NC(OC(=O)O)O[N+]2(C)[C@H]2CCC[C@@H](N3CCN(C)CC3)C2)c(C)c1. The summed E-state index contributed by atoms with van der Waals surface area (Å²) in [5.74, 6) is 0.445. The van der Waals surface area contributed by atoms with Gasteiger partial charge in [-0.05, 0) is 57.0 Å². The predicted octanol–water partition coefficient (Wildman–Crippen LogP) is 2.41. The summed E-state index contributed by atoms with van der Waals surface area (Å²) >= 11 is 0. The fourth-order valence-corrected chi connectivity index (χ4v) is 7.88. The number of benzene rings is 1. The van der Waals surface area contributed by atoms with E-state index in [1.165, 1.54) is 7.11 Å². The van der Waals surface area contributed by atoms with Crippen LogP contribution >= 0.6 is 0 Å². The van der Waals surface area contributed by atoms with E-state index in [9.17, 15) is 18.3 Å². The summed E-state index contributed by atoms with van der Waals surface area (Å²) in [4.78, 5) is 26.7. The molecule has 0 amide bonds. The van der Waals surface area contributed by atoms with E-state index in [2.05, 4.69) is 21.8 Å². The highest BCUT2D eigenvalue weighted by atomic mass is 32.2. The van der Waals surface area contributed by atoms with Crippen molar-refractivity contribution in [3.05, 3.63) is 23.3 Å². The van der Waals surface area contributed by atoms with Gasteiger partial charge in [-0.25, -0.2) is 13.2 Å². The molecule has 4 atom stereocenters. The van der Waals surface area contributed by atoms with E-state index < -0.39 is 28.2 Å². The minimum atomic E-state index is -3.83. The summed E-state index contributed by atoms with van der Waals surface area (Å²) in [5.41, 5.74) is 1.16. The van der Waals surface area contributed by atoms with E-state index >= 15 is 0 Å². The van der Waals surface area contributed by atoms with Crippen molar-refractivity contribution in [2.45, 2.75) is 62.9 Å². The van der Waals surface area contributed by atoms with Crippen LogP contribution in [0.5, 0.6) is 5.75 Å². The lowest BCUT2D eigenvalue weighted by atomic mass is 9.88. The number of rotatable bonds is 7. The maximum atomic E-state index is 13.7. The van der Waals surface area contributed by atoms with Gasteiger partial charge in [0.2, 0.25) is 0 Å². The number of aliphatic imine (C=N–C) groups is 1. The standard InChI is InChI=1S/C25H38N4O7S/c1-17-13-21(34-5)14-18(2)23(17)37(32,33)16-22-26-24(35-25(30)31)36-29(22,4)20-8-6-7-19(15-20)28-11-9-27(3)10-12-28/h13-14,19-20,24H,6-12,15-16H2,1-5H3/p+1/t19-,20+,24?,29?/m1/s1. The van der Waals surface area contributed by atoms with E-state index in [1.807, 2.05) is 0 Å². The van der Waals surface area contributed by atoms with Crippen molar-refractivity contribution < 1.29 is 37.3 Å². The quantitative estimate of drug-likeness (QED) is 0.412. The van der Waals surface area contributed by atoms with Gasteiger partial charge in [0.25, 0.3) is 5.84 Å². The Bertz CT molecular complexity index is 1130. The molecule has 0 aromatic heterocycles. The van der Waals surface area contributed by atoms with Crippen molar-refractivity contribution in [3.63, 3.8) is 0 Å². The summed E-state index contributed by atoms with van der Waals surface area (Å²) in [6.07, 6.45) is 0.740. The maximum absolute atomic E-state index is 13.7. The van der Waals surface area contributed by atoms with E-state index in [0.717, 1.165) is 51.9 Å². The summed E-state index contributed by atoms with van der Waals surface area (Å²) in [6.45, 7) is 7.50. The molecule has 1 aromatic rings. The third-order valence-electron chi connectivity index (χ3n) is 7.95. The van der Waals surface area contributed by atoms with Gasteiger partial charge in [-0.1, -0.05) is 0 Å². The van der Waals surface area contributed by atoms with Gasteiger partial charge in [-0.3, -0.25) is 4.90 Å². The number of carboxylic acid groups (broad SMARTS) is 1. The number of quaternary nitrogens is 1. The first-order valence-electron chi connectivity index (χ1n) is 12.7. The molecule has 4 rings (SSSR count). The molecule has 2 heterocycles. The highest BCUT2D eigenvalue weighted by Crippen LogP contribution is 2.36. The van der Waals surface area contributed by atoms with E-state index in [4.69, 9.17) is 14.3 Å². The van der Waals surface area contributed by atoms with Crippen LogP contribution in [0, 0.1) is 13.8 Å². The molecular weight excluding hydrogens is 500 g/mol. The molecule has 0 bridgehead atoms. The molecule has 1 aliphatic carbocycles. The molecule has 0 spiro atoms. The number of methoxy groups -OCH3 is 1. The van der Waals surface area contributed by atoms with Crippen LogP contribution in [-0.4, -0.2) is 112 Å². The molecule has 2 fully saturated rings. The topological polar surface area (TPSA) is 118 Å². The third kappa shape index (κ3) is 5.93. The van der Waals surface area contributed by atoms with Gasteiger partial charge in [0, 0.05) is 45.1 Å². The number of hydrogen-bond acceptors (Lipinski definition) is 9. The van der Waals surface area contributed by atoms with Crippen molar-refractivity contribution in [1.82, 2.24) is 9.80 Å². The number of carbonyl (C=O) groups is 1. The van der Waals surface area contributed by atoms with Crippen LogP contribution in [0.25, 0.3) is 0 Å². The first-order valence-corrected chi connectivity index (χ1v) is 14.4. The summed E-state index contributed by atoms with van der Waals surface area (Å²) in [6, 6.07) is 3.67. The van der Waals surface area contributed by atoms with Gasteiger partial charge in [0.1, 0.15) is 18.8 Å². The Morgan fingerprint density at radius 1 is 1.19 bits per heavy atom. The zero-order chi connectivity index (χ0) is 27.0. The molecule has 3 aliphatic rings. The monoisotopic (exact) mass is 539 g/mol. The number of aryl methyl sites for hydroxylation is 2. The molecule has 2 unspecified atom stereocenters. The Morgan fingerprint density at radius 2 is 1.84 bits per heavy atom. The molecule has 0 radical (unpaired) electrons. The van der Waals surface area contributed by atoms with Crippen molar-refractivity contribution in [2.75, 3.05) is 53.1 Å². The number of piperazine rings is 1. The lowest BCUT2D eigenvalue weighted by molar-refractivity contribution is -1.04. The van der Waals surface area contributed by atoms with Crippen LogP contribution in [0.4, 0.5) is 4.79 Å². The second kappa shape index (κ2) is 10.9. The normalized spacial score (nSPS) is 29.6. The van der Waals surface area contributed by atoms with Crippen molar-refractivity contribution in [2.24, 2.45) is 4.99 Å². The molecule has 1 saturated carbocycles. The van der Waals surface area contributed by atoms with Crippen LogP contribution < -0.4 is 4.74 Å². The van der Waals surface area contributed by atoms with Gasteiger partial charge in [-0.2, -0.15) is 4.99 Å². The Balaban J connectivity index is 1.61. The number of hydroxylamine groups is 3. The second-order valence-corrected chi connectivity index (χ2v) is 12.4. The minimum Gasteiger partial charge on any atom is -0.497 e. The number of amidine groups is 1. The number of hydrogen-bond donors (Lipinski definition) is 1. The highest BCUT2D eigenvalue weighted by Gasteiger charge is 2.52. The smallest absolute Gasteiger partial charge is 0.497 e. The van der Waals surface area contributed by atoms with Gasteiger partial charge in [0.15, 0.2) is 15.6 Å². The highest BCUT2D eigenvalue weighted by molar-refractivity contribution is 7.92. The summed E-state index contributed by atoms with van der Waals surface area (Å²) < 4.78 is 37.4. The fraction of sp³-hybridized carbons (Fsp3) is 0.680. The lowest BCUT2D eigenvalue weighted by Crippen LogP contribution is -2.60. The fourth-order valence-electron chi connectivity index (χ4n) is 5.97. The number of sulfone groups is 1. The molecule has 1 saturated heterocycles. The summed E-state index contributed by atoms with van der Waals surface area (Å²) in [7, 11) is 1.62. The number of likely N-dealkylation sites (N-methyl/N-ethyl adjacent to an activating group) is 1. The first-order chi connectivity index (χ1) is 17.4. The first kappa shape index (κ1) is 27.8. The average Bonchev–Trinajstić information content (AvgIpc) is 3.13. The molecule has 2 aliphatic heterocycles. The molecule has 1 aromatic carbocycles. The second-order valence-electron chi connectivity index (χ2n) is 10.5. The van der Waals surface area contributed by atoms with E-state index in [1.54, 1.807) is 33.0 Å².